The molecule has 3 N–H and O–H groups in total. The van der Waals surface area contributed by atoms with Crippen molar-refractivity contribution in [2.45, 2.75) is 18.9 Å². The number of carboxylic acid groups (broad SMARTS) is 1. The number of carboxylic acids is 1. The maximum absolute atomic E-state index is 9.85. The molecule has 0 bridgehead atoms. The van der Waals surface area contributed by atoms with Gasteiger partial charge in [-0.15, -0.1) is 0 Å². The van der Waals surface area contributed by atoms with Crippen LogP contribution in [0.3, 0.4) is 0 Å². The molecule has 0 saturated carbocycles. The van der Waals surface area contributed by atoms with E-state index in [0.717, 1.165) is 0 Å². The van der Waals surface area contributed by atoms with E-state index in [0.29, 0.717) is 0 Å². The maximum Gasteiger partial charge on any atom is 0.303 e. The van der Waals surface area contributed by atoms with Gasteiger partial charge < -0.3 is 10.8 Å². The lowest BCUT2D eigenvalue weighted by Crippen LogP contribution is -2.18. The van der Waals surface area contributed by atoms with Gasteiger partial charge in [0.2, 0.25) is 0 Å². The van der Waals surface area contributed by atoms with Crippen LogP contribution in [0, 0.1) is 11.3 Å². The van der Waals surface area contributed by atoms with E-state index >= 15 is 0 Å². The molecule has 0 aromatic rings. The molecule has 9 heavy (non-hydrogen) atoms. The van der Waals surface area contributed by atoms with Gasteiger partial charge in [0.15, 0.2) is 0 Å². The second-order valence-corrected chi connectivity index (χ2v) is 1.67. The van der Waals surface area contributed by atoms with E-state index in [2.05, 4.69) is 0 Å². The molecule has 0 heterocycles. The first-order chi connectivity index (χ1) is 4.16. The quantitative estimate of drug-likeness (QED) is 0.546. The average molecular weight is 128 g/mol. The van der Waals surface area contributed by atoms with Crippen molar-refractivity contribution in [3.8, 4) is 6.07 Å². The van der Waals surface area contributed by atoms with Gasteiger partial charge in [-0.2, -0.15) is 5.26 Å². The van der Waals surface area contributed by atoms with Gasteiger partial charge in [-0.1, -0.05) is 0 Å². The van der Waals surface area contributed by atoms with Crippen molar-refractivity contribution in [2.75, 3.05) is 0 Å². The number of rotatable bonds is 3. The molecule has 1 atom stereocenters. The SMILES string of the molecule is N#CC(N)CCC(=O)O. The van der Waals surface area contributed by atoms with Crippen LogP contribution in [0.25, 0.3) is 0 Å². The number of carbonyl (C=O) groups is 1. The number of nitriles is 1. The minimum atomic E-state index is -0.916. The molecule has 1 unspecified atom stereocenters. The highest BCUT2D eigenvalue weighted by molar-refractivity contribution is 5.66. The predicted octanol–water partition coefficient (Wildman–Crippen LogP) is -0.298. The minimum Gasteiger partial charge on any atom is -0.481 e. The number of hydrogen-bond donors (Lipinski definition) is 2. The van der Waals surface area contributed by atoms with E-state index < -0.39 is 12.0 Å². The lowest BCUT2D eigenvalue weighted by molar-refractivity contribution is -0.137. The van der Waals surface area contributed by atoms with E-state index in [4.69, 9.17) is 16.1 Å². The van der Waals surface area contributed by atoms with Crippen molar-refractivity contribution >= 4 is 5.97 Å². The van der Waals surface area contributed by atoms with E-state index in [9.17, 15) is 4.79 Å². The second kappa shape index (κ2) is 3.87. The van der Waals surface area contributed by atoms with Gasteiger partial charge in [-0.3, -0.25) is 4.79 Å². The zero-order chi connectivity index (χ0) is 7.28. The van der Waals surface area contributed by atoms with Crippen LogP contribution in [-0.4, -0.2) is 17.1 Å². The van der Waals surface area contributed by atoms with Gasteiger partial charge in [0.25, 0.3) is 0 Å². The molecule has 0 spiro atoms. The Bertz CT molecular complexity index is 138. The molecule has 0 amide bonds. The molecular formula is C5H8N2O2. The molecule has 0 aliphatic heterocycles. The van der Waals surface area contributed by atoms with Gasteiger partial charge in [0.1, 0.15) is 0 Å². The molecule has 4 heteroatoms. The normalized spacial score (nSPS) is 12.0. The topological polar surface area (TPSA) is 87.1 Å². The summed E-state index contributed by atoms with van der Waals surface area (Å²) in [6.07, 6.45) is 0.195. The molecule has 0 saturated heterocycles. The highest BCUT2D eigenvalue weighted by Gasteiger charge is 2.02. The highest BCUT2D eigenvalue weighted by Crippen LogP contribution is 1.91. The number of nitrogens with zero attached hydrogens (tertiary/aromatic N) is 1. The Hall–Kier alpha value is -1.08. The number of aliphatic carboxylic acids is 1. The molecule has 0 radical (unpaired) electrons. The van der Waals surface area contributed by atoms with Crippen molar-refractivity contribution in [3.63, 3.8) is 0 Å². The number of hydrogen-bond acceptors (Lipinski definition) is 3. The van der Waals surface area contributed by atoms with Crippen LogP contribution >= 0.6 is 0 Å². The van der Waals surface area contributed by atoms with Gasteiger partial charge in [0, 0.05) is 6.42 Å². The predicted molar refractivity (Wildman–Crippen MR) is 30.5 cm³/mol. The maximum atomic E-state index is 9.85. The summed E-state index contributed by atoms with van der Waals surface area (Å²) < 4.78 is 0. The second-order valence-electron chi connectivity index (χ2n) is 1.67. The summed E-state index contributed by atoms with van der Waals surface area (Å²) in [6.45, 7) is 0. The minimum absolute atomic E-state index is 0.0330. The smallest absolute Gasteiger partial charge is 0.303 e. The third-order valence-electron chi connectivity index (χ3n) is 0.835. The summed E-state index contributed by atoms with van der Waals surface area (Å²) in [5.41, 5.74) is 5.10. The third kappa shape index (κ3) is 4.78. The standard InChI is InChI=1S/C5H8N2O2/c6-3-4(7)1-2-5(8)9/h4H,1-2,7H2,(H,8,9). The Morgan fingerprint density at radius 2 is 2.44 bits per heavy atom. The summed E-state index contributed by atoms with van der Waals surface area (Å²) in [7, 11) is 0. The lowest BCUT2D eigenvalue weighted by Gasteiger charge is -1.95. The van der Waals surface area contributed by atoms with Crippen molar-refractivity contribution in [3.05, 3.63) is 0 Å². The van der Waals surface area contributed by atoms with Gasteiger partial charge in [-0.25, -0.2) is 0 Å². The first-order valence-corrected chi connectivity index (χ1v) is 2.54. The molecule has 0 aliphatic carbocycles. The monoisotopic (exact) mass is 128 g/mol. The average Bonchev–Trinajstić information content (AvgIpc) is 1.83. The molecule has 0 aromatic heterocycles. The van der Waals surface area contributed by atoms with E-state index in [1.807, 2.05) is 0 Å². The number of nitrogens with two attached hydrogens (primary N) is 1. The van der Waals surface area contributed by atoms with Crippen molar-refractivity contribution < 1.29 is 9.90 Å². The first-order valence-electron chi connectivity index (χ1n) is 2.54. The molecule has 0 fully saturated rings. The van der Waals surface area contributed by atoms with Crippen LogP contribution in [0.2, 0.25) is 0 Å². The molecular weight excluding hydrogens is 120 g/mol. The first kappa shape index (κ1) is 7.92. The largest absolute Gasteiger partial charge is 0.481 e. The van der Waals surface area contributed by atoms with Crippen molar-refractivity contribution in [1.82, 2.24) is 0 Å². The van der Waals surface area contributed by atoms with Gasteiger partial charge in [-0.05, 0) is 6.42 Å². The zero-order valence-electron chi connectivity index (χ0n) is 4.87. The van der Waals surface area contributed by atoms with Crippen LogP contribution < -0.4 is 5.73 Å². The van der Waals surface area contributed by atoms with Gasteiger partial charge in [0.05, 0.1) is 12.1 Å². The summed E-state index contributed by atoms with van der Waals surface area (Å²) in [6, 6.07) is 1.10. The summed E-state index contributed by atoms with van der Waals surface area (Å²) in [5, 5.41) is 16.2. The Morgan fingerprint density at radius 3 is 2.78 bits per heavy atom. The van der Waals surface area contributed by atoms with Gasteiger partial charge >= 0.3 is 5.97 Å². The Morgan fingerprint density at radius 1 is 1.89 bits per heavy atom. The third-order valence-corrected chi connectivity index (χ3v) is 0.835. The Balaban J connectivity index is 3.30. The fourth-order valence-corrected chi connectivity index (χ4v) is 0.344. The molecule has 0 aliphatic rings. The molecule has 4 nitrogen and oxygen atoms in total. The van der Waals surface area contributed by atoms with Crippen molar-refractivity contribution in [2.24, 2.45) is 5.73 Å². The van der Waals surface area contributed by atoms with Crippen LogP contribution in [-0.2, 0) is 4.79 Å². The Kier molecular flexibility index (Phi) is 3.40. The van der Waals surface area contributed by atoms with E-state index in [-0.39, 0.29) is 12.8 Å². The fraction of sp³-hybridized carbons (Fsp3) is 0.600. The van der Waals surface area contributed by atoms with E-state index in [1.165, 1.54) is 0 Å². The lowest BCUT2D eigenvalue weighted by atomic mass is 10.2. The summed E-state index contributed by atoms with van der Waals surface area (Å²) >= 11 is 0. The zero-order valence-corrected chi connectivity index (χ0v) is 4.87. The summed E-state index contributed by atoms with van der Waals surface area (Å²) in [5.74, 6) is -0.916. The Labute approximate surface area is 52.9 Å². The molecule has 0 rings (SSSR count). The molecule has 50 valence electrons. The van der Waals surface area contributed by atoms with Crippen molar-refractivity contribution in [1.29, 1.82) is 5.26 Å². The summed E-state index contributed by atoms with van der Waals surface area (Å²) in [4.78, 5) is 9.85. The van der Waals surface area contributed by atoms with Crippen LogP contribution in [0.15, 0.2) is 0 Å². The van der Waals surface area contributed by atoms with Crippen LogP contribution in [0.1, 0.15) is 12.8 Å². The van der Waals surface area contributed by atoms with Crippen LogP contribution in [0.4, 0.5) is 0 Å². The highest BCUT2D eigenvalue weighted by atomic mass is 16.4. The fourth-order valence-electron chi connectivity index (χ4n) is 0.344. The molecule has 0 aromatic carbocycles. The van der Waals surface area contributed by atoms with E-state index in [1.54, 1.807) is 6.07 Å². The van der Waals surface area contributed by atoms with Crippen LogP contribution in [0.5, 0.6) is 0 Å².